The third-order valence-corrected chi connectivity index (χ3v) is 4.92. The Bertz CT molecular complexity index is 575. The second-order valence-corrected chi connectivity index (χ2v) is 7.06. The molecule has 1 saturated heterocycles. The van der Waals surface area contributed by atoms with E-state index in [-0.39, 0.29) is 5.91 Å². The first-order valence-corrected chi connectivity index (χ1v) is 9.60. The van der Waals surface area contributed by atoms with Crippen molar-refractivity contribution in [1.29, 1.82) is 0 Å². The maximum absolute atomic E-state index is 11.2. The molecule has 0 bridgehead atoms. The lowest BCUT2D eigenvalue weighted by molar-refractivity contribution is -0.119. The SMILES string of the molecule is CN=C(NCCCCN(C)c1ccccc1)N1CCCC(CC(N)=O)C1. The minimum absolute atomic E-state index is 0.206. The number of carbonyl (C=O) groups is 1. The Morgan fingerprint density at radius 2 is 2.12 bits per heavy atom. The molecule has 26 heavy (non-hydrogen) atoms. The molecule has 1 amide bonds. The van der Waals surface area contributed by atoms with Crippen LogP contribution in [0.1, 0.15) is 32.1 Å². The number of piperidine rings is 1. The van der Waals surface area contributed by atoms with Crippen LogP contribution in [-0.2, 0) is 4.79 Å². The molecular formula is C20H33N5O. The molecule has 1 atom stereocenters. The summed E-state index contributed by atoms with van der Waals surface area (Å²) >= 11 is 0. The zero-order chi connectivity index (χ0) is 18.8. The van der Waals surface area contributed by atoms with Crippen LogP contribution in [0.25, 0.3) is 0 Å². The van der Waals surface area contributed by atoms with E-state index < -0.39 is 0 Å². The van der Waals surface area contributed by atoms with Gasteiger partial charge in [0.2, 0.25) is 5.91 Å². The summed E-state index contributed by atoms with van der Waals surface area (Å²) in [4.78, 5) is 20.1. The van der Waals surface area contributed by atoms with Crippen molar-refractivity contribution < 1.29 is 4.79 Å². The van der Waals surface area contributed by atoms with Crippen LogP contribution in [0.15, 0.2) is 35.3 Å². The first-order valence-electron chi connectivity index (χ1n) is 9.60. The zero-order valence-corrected chi connectivity index (χ0v) is 16.2. The summed E-state index contributed by atoms with van der Waals surface area (Å²) in [5, 5.41) is 3.47. The van der Waals surface area contributed by atoms with Crippen LogP contribution in [0.3, 0.4) is 0 Å². The van der Waals surface area contributed by atoms with Gasteiger partial charge in [-0.25, -0.2) is 0 Å². The molecule has 1 heterocycles. The number of aliphatic imine (C=N–C) groups is 1. The quantitative estimate of drug-likeness (QED) is 0.423. The summed E-state index contributed by atoms with van der Waals surface area (Å²) in [5.41, 5.74) is 6.60. The molecule has 144 valence electrons. The van der Waals surface area contributed by atoms with Crippen molar-refractivity contribution in [2.24, 2.45) is 16.6 Å². The van der Waals surface area contributed by atoms with E-state index in [1.165, 1.54) is 5.69 Å². The largest absolute Gasteiger partial charge is 0.375 e. The minimum Gasteiger partial charge on any atom is -0.375 e. The molecule has 6 nitrogen and oxygen atoms in total. The van der Waals surface area contributed by atoms with Gasteiger partial charge >= 0.3 is 0 Å². The van der Waals surface area contributed by atoms with Crippen LogP contribution in [0.4, 0.5) is 5.69 Å². The highest BCUT2D eigenvalue weighted by atomic mass is 16.1. The number of likely N-dealkylation sites (tertiary alicyclic amines) is 1. The average molecular weight is 360 g/mol. The van der Waals surface area contributed by atoms with E-state index in [0.717, 1.165) is 57.8 Å². The lowest BCUT2D eigenvalue weighted by Crippen LogP contribution is -2.47. The number of benzene rings is 1. The molecule has 1 aromatic rings. The Balaban J connectivity index is 1.68. The van der Waals surface area contributed by atoms with E-state index in [0.29, 0.717) is 12.3 Å². The number of rotatable bonds is 8. The van der Waals surface area contributed by atoms with Gasteiger partial charge in [0.05, 0.1) is 0 Å². The number of para-hydroxylation sites is 1. The standard InChI is InChI=1S/C20H33N5O/c1-22-20(25-14-8-9-17(16-25)15-19(21)26)23-12-6-7-13-24(2)18-10-4-3-5-11-18/h3-5,10-11,17H,6-9,12-16H2,1-2H3,(H2,21,26)(H,22,23). The average Bonchev–Trinajstić information content (AvgIpc) is 2.65. The number of anilines is 1. The fourth-order valence-electron chi connectivity index (χ4n) is 3.53. The van der Waals surface area contributed by atoms with Gasteiger partial charge < -0.3 is 20.9 Å². The highest BCUT2D eigenvalue weighted by Crippen LogP contribution is 2.19. The molecule has 0 radical (unpaired) electrons. The molecule has 0 spiro atoms. The highest BCUT2D eigenvalue weighted by molar-refractivity contribution is 5.80. The molecule has 0 aliphatic carbocycles. The molecule has 0 saturated carbocycles. The summed E-state index contributed by atoms with van der Waals surface area (Å²) in [6, 6.07) is 10.5. The van der Waals surface area contributed by atoms with E-state index in [4.69, 9.17) is 5.73 Å². The predicted octanol–water partition coefficient (Wildman–Crippen LogP) is 2.07. The summed E-state index contributed by atoms with van der Waals surface area (Å²) < 4.78 is 0. The third kappa shape index (κ3) is 6.58. The van der Waals surface area contributed by atoms with Crippen LogP contribution < -0.4 is 16.0 Å². The number of nitrogens with zero attached hydrogens (tertiary/aromatic N) is 3. The van der Waals surface area contributed by atoms with Gasteiger partial charge in [0, 0.05) is 52.4 Å². The topological polar surface area (TPSA) is 74.0 Å². The van der Waals surface area contributed by atoms with Gasteiger partial charge in [-0.1, -0.05) is 18.2 Å². The first-order chi connectivity index (χ1) is 12.6. The highest BCUT2D eigenvalue weighted by Gasteiger charge is 2.23. The molecule has 0 aromatic heterocycles. The van der Waals surface area contributed by atoms with Gasteiger partial charge in [0.1, 0.15) is 0 Å². The van der Waals surface area contributed by atoms with Gasteiger partial charge in [-0.3, -0.25) is 9.79 Å². The number of amides is 1. The molecule has 6 heteroatoms. The molecule has 1 unspecified atom stereocenters. The maximum atomic E-state index is 11.2. The van der Waals surface area contributed by atoms with Gasteiger partial charge in [-0.15, -0.1) is 0 Å². The van der Waals surface area contributed by atoms with E-state index in [2.05, 4.69) is 51.4 Å². The Morgan fingerprint density at radius 3 is 2.81 bits per heavy atom. The number of carbonyl (C=O) groups excluding carboxylic acids is 1. The van der Waals surface area contributed by atoms with Crippen LogP contribution in [0, 0.1) is 5.92 Å². The lowest BCUT2D eigenvalue weighted by Gasteiger charge is -2.34. The molecule has 3 N–H and O–H groups in total. The van der Waals surface area contributed by atoms with Gasteiger partial charge in [-0.05, 0) is 43.7 Å². The Morgan fingerprint density at radius 1 is 1.35 bits per heavy atom. The fraction of sp³-hybridized carbons (Fsp3) is 0.600. The smallest absolute Gasteiger partial charge is 0.217 e. The zero-order valence-electron chi connectivity index (χ0n) is 16.2. The van der Waals surface area contributed by atoms with Crippen LogP contribution in [0.5, 0.6) is 0 Å². The number of hydrogen-bond donors (Lipinski definition) is 2. The van der Waals surface area contributed by atoms with E-state index in [9.17, 15) is 4.79 Å². The molecule has 1 aromatic carbocycles. The van der Waals surface area contributed by atoms with Gasteiger partial charge in [0.25, 0.3) is 0 Å². The molecule has 1 aliphatic rings. The number of nitrogens with two attached hydrogens (primary N) is 1. The summed E-state index contributed by atoms with van der Waals surface area (Å²) in [5.74, 6) is 1.08. The van der Waals surface area contributed by atoms with Crippen molar-refractivity contribution in [1.82, 2.24) is 10.2 Å². The lowest BCUT2D eigenvalue weighted by atomic mass is 9.95. The van der Waals surface area contributed by atoms with Crippen LogP contribution >= 0.6 is 0 Å². The molecular weight excluding hydrogens is 326 g/mol. The number of unbranched alkanes of at least 4 members (excludes halogenated alkanes) is 1. The maximum Gasteiger partial charge on any atom is 0.217 e. The molecule has 1 aliphatic heterocycles. The van der Waals surface area contributed by atoms with E-state index in [1.807, 2.05) is 13.1 Å². The number of hydrogen-bond acceptors (Lipinski definition) is 3. The van der Waals surface area contributed by atoms with Crippen molar-refractivity contribution in [3.05, 3.63) is 30.3 Å². The van der Waals surface area contributed by atoms with Crippen molar-refractivity contribution in [2.75, 3.05) is 45.2 Å². The summed E-state index contributed by atoms with van der Waals surface area (Å²) in [7, 11) is 3.96. The second kappa shape index (κ2) is 10.7. The predicted molar refractivity (Wildman–Crippen MR) is 108 cm³/mol. The summed E-state index contributed by atoms with van der Waals surface area (Å²) in [6.45, 7) is 3.80. The van der Waals surface area contributed by atoms with Crippen LogP contribution in [0.2, 0.25) is 0 Å². The van der Waals surface area contributed by atoms with Crippen molar-refractivity contribution in [3.63, 3.8) is 0 Å². The molecule has 2 rings (SSSR count). The monoisotopic (exact) mass is 359 g/mol. The second-order valence-electron chi connectivity index (χ2n) is 7.06. The van der Waals surface area contributed by atoms with E-state index in [1.54, 1.807) is 0 Å². The number of guanidine groups is 1. The number of nitrogens with one attached hydrogen (secondary N) is 1. The number of primary amides is 1. The van der Waals surface area contributed by atoms with Crippen LogP contribution in [-0.4, -0.2) is 57.0 Å². The Hall–Kier alpha value is -2.24. The Kier molecular flexibility index (Phi) is 8.25. The van der Waals surface area contributed by atoms with Crippen molar-refractivity contribution in [2.45, 2.75) is 32.1 Å². The summed E-state index contributed by atoms with van der Waals surface area (Å²) in [6.07, 6.45) is 4.84. The Labute approximate surface area is 157 Å². The molecule has 1 fully saturated rings. The van der Waals surface area contributed by atoms with Gasteiger partial charge in [0.15, 0.2) is 5.96 Å². The van der Waals surface area contributed by atoms with E-state index >= 15 is 0 Å². The first kappa shape index (κ1) is 20.1. The van der Waals surface area contributed by atoms with Crippen molar-refractivity contribution >= 4 is 17.6 Å². The van der Waals surface area contributed by atoms with Gasteiger partial charge in [-0.2, -0.15) is 0 Å². The third-order valence-electron chi connectivity index (χ3n) is 4.92. The normalized spacial score (nSPS) is 17.8. The minimum atomic E-state index is -0.206. The van der Waals surface area contributed by atoms with Crippen molar-refractivity contribution in [3.8, 4) is 0 Å². The fourth-order valence-corrected chi connectivity index (χ4v) is 3.53.